The molecule has 4 heterocycles. The van der Waals surface area contributed by atoms with E-state index in [1.54, 1.807) is 10.7 Å². The topological polar surface area (TPSA) is 91.2 Å². The molecule has 0 bridgehead atoms. The van der Waals surface area contributed by atoms with Crippen LogP contribution in [0, 0.1) is 5.92 Å². The number of pyridine rings is 1. The van der Waals surface area contributed by atoms with Crippen molar-refractivity contribution in [3.63, 3.8) is 0 Å². The summed E-state index contributed by atoms with van der Waals surface area (Å²) in [6.45, 7) is 4.03. The van der Waals surface area contributed by atoms with Gasteiger partial charge >= 0.3 is 0 Å². The van der Waals surface area contributed by atoms with Crippen LogP contribution in [0.25, 0.3) is 5.65 Å². The molecule has 2 N–H and O–H groups in total. The Morgan fingerprint density at radius 1 is 1.23 bits per heavy atom. The van der Waals surface area contributed by atoms with Crippen LogP contribution in [0.4, 0.5) is 5.95 Å². The zero-order valence-corrected chi connectivity index (χ0v) is 16.1. The van der Waals surface area contributed by atoms with Gasteiger partial charge in [-0.25, -0.2) is 0 Å². The molecule has 0 aromatic carbocycles. The summed E-state index contributed by atoms with van der Waals surface area (Å²) >= 11 is 3.44. The predicted molar refractivity (Wildman–Crippen MR) is 102 cm³/mol. The van der Waals surface area contributed by atoms with E-state index in [4.69, 9.17) is 10.5 Å². The van der Waals surface area contributed by atoms with Gasteiger partial charge in [0.25, 0.3) is 0 Å². The average Bonchev–Trinajstić information content (AvgIpc) is 3.17. The maximum atomic E-state index is 5.98. The number of ether oxygens (including phenoxy) is 1. The van der Waals surface area contributed by atoms with E-state index in [-0.39, 0.29) is 18.0 Å². The third-order valence-corrected chi connectivity index (χ3v) is 4.97. The molecule has 0 radical (unpaired) electrons. The minimum Gasteiger partial charge on any atom is -0.487 e. The van der Waals surface area contributed by atoms with E-state index in [9.17, 15) is 0 Å². The van der Waals surface area contributed by atoms with Gasteiger partial charge in [0.15, 0.2) is 17.6 Å². The number of hydrogen-bond acceptors (Lipinski definition) is 6. The highest BCUT2D eigenvalue weighted by Crippen LogP contribution is 2.35. The number of aromatic nitrogens is 5. The smallest absolute Gasteiger partial charge is 0.223 e. The van der Waals surface area contributed by atoms with Gasteiger partial charge in [-0.3, -0.25) is 4.98 Å². The van der Waals surface area contributed by atoms with E-state index < -0.39 is 0 Å². The van der Waals surface area contributed by atoms with E-state index >= 15 is 0 Å². The molecule has 2 atom stereocenters. The van der Waals surface area contributed by atoms with Gasteiger partial charge in [-0.05, 0) is 25.1 Å². The summed E-state index contributed by atoms with van der Waals surface area (Å²) in [5, 5.41) is 5.22. The summed E-state index contributed by atoms with van der Waals surface area (Å²) in [6.07, 6.45) is 4.29. The molecule has 3 aromatic rings. The third-order valence-electron chi connectivity index (χ3n) is 4.40. The first-order valence-electron chi connectivity index (χ1n) is 8.41. The molecule has 0 saturated heterocycles. The zero-order valence-electron chi connectivity index (χ0n) is 14.6. The average molecular weight is 415 g/mol. The number of hydrogen-bond donors (Lipinski definition) is 1. The number of nitrogens with two attached hydrogens (primary N) is 1. The molecule has 2 unspecified atom stereocenters. The van der Waals surface area contributed by atoms with Crippen LogP contribution in [0.15, 0.2) is 36.2 Å². The second kappa shape index (κ2) is 6.68. The Balaban J connectivity index is 1.74. The number of allylic oxidation sites excluding steroid dienone is 1. The van der Waals surface area contributed by atoms with E-state index in [1.165, 1.54) is 0 Å². The van der Waals surface area contributed by atoms with Crippen LogP contribution >= 0.6 is 15.9 Å². The lowest BCUT2D eigenvalue weighted by atomic mass is 10.1. The number of rotatable bonds is 4. The first-order valence-corrected chi connectivity index (χ1v) is 9.53. The van der Waals surface area contributed by atoms with E-state index in [2.05, 4.69) is 49.0 Å². The molecule has 8 heteroatoms. The summed E-state index contributed by atoms with van der Waals surface area (Å²) in [6, 6.07) is 5.99. The Kier molecular flexibility index (Phi) is 4.36. The SMILES string of the molecule is CC1=CC(C)C(c2nc(N)nc3c(Cc4cccc(CBr)n4)cnn23)O1. The van der Waals surface area contributed by atoms with Crippen LogP contribution in [0.2, 0.25) is 0 Å². The summed E-state index contributed by atoms with van der Waals surface area (Å²) in [7, 11) is 0. The van der Waals surface area contributed by atoms with Crippen molar-refractivity contribution in [1.29, 1.82) is 0 Å². The summed E-state index contributed by atoms with van der Waals surface area (Å²) in [5.74, 6) is 1.96. The van der Waals surface area contributed by atoms with Crippen LogP contribution in [-0.2, 0) is 16.5 Å². The minimum absolute atomic E-state index is 0.192. The first-order chi connectivity index (χ1) is 12.5. The van der Waals surface area contributed by atoms with Crippen molar-refractivity contribution in [2.75, 3.05) is 5.73 Å². The number of anilines is 1. The van der Waals surface area contributed by atoms with Crippen LogP contribution in [0.5, 0.6) is 0 Å². The van der Waals surface area contributed by atoms with Gasteiger partial charge in [-0.2, -0.15) is 19.6 Å². The van der Waals surface area contributed by atoms with Crippen LogP contribution < -0.4 is 5.73 Å². The molecule has 0 saturated carbocycles. The molecule has 0 fully saturated rings. The van der Waals surface area contributed by atoms with Crippen molar-refractivity contribution in [2.45, 2.75) is 31.7 Å². The number of halogens is 1. The van der Waals surface area contributed by atoms with Gasteiger partial charge in [-0.1, -0.05) is 28.9 Å². The van der Waals surface area contributed by atoms with Crippen molar-refractivity contribution in [1.82, 2.24) is 24.6 Å². The highest BCUT2D eigenvalue weighted by molar-refractivity contribution is 9.08. The molecule has 0 spiro atoms. The Bertz CT molecular complexity index is 999. The summed E-state index contributed by atoms with van der Waals surface area (Å²) in [5.41, 5.74) is 9.58. The van der Waals surface area contributed by atoms with E-state index in [0.717, 1.165) is 28.0 Å². The molecular weight excluding hydrogens is 396 g/mol. The quantitative estimate of drug-likeness (QED) is 0.658. The van der Waals surface area contributed by atoms with Crippen molar-refractivity contribution in [3.8, 4) is 0 Å². The second-order valence-corrected chi connectivity index (χ2v) is 7.01. The fourth-order valence-electron chi connectivity index (χ4n) is 3.26. The normalized spacial score (nSPS) is 19.6. The van der Waals surface area contributed by atoms with E-state index in [1.807, 2.05) is 25.1 Å². The Morgan fingerprint density at radius 3 is 2.77 bits per heavy atom. The lowest BCUT2D eigenvalue weighted by molar-refractivity contribution is 0.109. The second-order valence-electron chi connectivity index (χ2n) is 6.45. The van der Waals surface area contributed by atoms with Crippen molar-refractivity contribution in [3.05, 3.63) is 59.0 Å². The third kappa shape index (κ3) is 3.05. The van der Waals surface area contributed by atoms with Crippen LogP contribution in [0.3, 0.4) is 0 Å². The molecule has 7 nitrogen and oxygen atoms in total. The summed E-state index contributed by atoms with van der Waals surface area (Å²) < 4.78 is 7.65. The Hall–Kier alpha value is -2.48. The highest BCUT2D eigenvalue weighted by Gasteiger charge is 2.30. The molecule has 0 aliphatic carbocycles. The number of nitrogens with zero attached hydrogens (tertiary/aromatic N) is 5. The predicted octanol–water partition coefficient (Wildman–Crippen LogP) is 3.20. The maximum Gasteiger partial charge on any atom is 0.223 e. The van der Waals surface area contributed by atoms with Crippen molar-refractivity contribution >= 4 is 27.5 Å². The molecular formula is C18H19BrN6O. The fraction of sp³-hybridized carbons (Fsp3) is 0.333. The van der Waals surface area contributed by atoms with Crippen molar-refractivity contribution in [2.24, 2.45) is 5.92 Å². The fourth-order valence-corrected chi connectivity index (χ4v) is 3.57. The largest absolute Gasteiger partial charge is 0.487 e. The van der Waals surface area contributed by atoms with Gasteiger partial charge in [0.05, 0.1) is 17.6 Å². The Morgan fingerprint density at radius 2 is 2.04 bits per heavy atom. The molecule has 0 amide bonds. The maximum absolute atomic E-state index is 5.98. The molecule has 3 aromatic heterocycles. The number of nitrogen functional groups attached to an aromatic ring is 1. The lowest BCUT2D eigenvalue weighted by Crippen LogP contribution is -2.16. The van der Waals surface area contributed by atoms with Crippen LogP contribution in [-0.4, -0.2) is 24.6 Å². The molecule has 1 aliphatic heterocycles. The van der Waals surface area contributed by atoms with Crippen molar-refractivity contribution < 1.29 is 4.74 Å². The molecule has 4 rings (SSSR count). The number of alkyl halides is 1. The van der Waals surface area contributed by atoms with Gasteiger partial charge in [0, 0.05) is 28.9 Å². The van der Waals surface area contributed by atoms with Gasteiger partial charge in [0.2, 0.25) is 5.95 Å². The molecule has 134 valence electrons. The molecule has 26 heavy (non-hydrogen) atoms. The first kappa shape index (κ1) is 17.0. The van der Waals surface area contributed by atoms with Gasteiger partial charge in [0.1, 0.15) is 0 Å². The lowest BCUT2D eigenvalue weighted by Gasteiger charge is -2.16. The number of fused-ring (bicyclic) bond motifs is 1. The van der Waals surface area contributed by atoms with E-state index in [0.29, 0.717) is 17.9 Å². The monoisotopic (exact) mass is 414 g/mol. The minimum atomic E-state index is -0.217. The standard InChI is InChI=1S/C18H19BrN6O/c1-10-6-11(2)26-15(10)17-24-18(20)23-16-12(9-21-25(16)17)7-13-4-3-5-14(8-19)22-13/h3-6,9-10,15H,7-8H2,1-2H3,(H2,20,23). The van der Waals surface area contributed by atoms with Gasteiger partial charge in [-0.15, -0.1) is 0 Å². The molecule has 1 aliphatic rings. The van der Waals surface area contributed by atoms with Crippen LogP contribution in [0.1, 0.15) is 42.7 Å². The Labute approximate surface area is 159 Å². The van der Waals surface area contributed by atoms with Gasteiger partial charge < -0.3 is 10.5 Å². The highest BCUT2D eigenvalue weighted by atomic mass is 79.9. The zero-order chi connectivity index (χ0) is 18.3. The summed E-state index contributed by atoms with van der Waals surface area (Å²) in [4.78, 5) is 13.4.